The van der Waals surface area contributed by atoms with Gasteiger partial charge in [0.1, 0.15) is 5.75 Å². The van der Waals surface area contributed by atoms with Gasteiger partial charge >= 0.3 is 11.9 Å². The van der Waals surface area contributed by atoms with E-state index in [9.17, 15) is 19.5 Å². The number of aliphatic carboxylic acids is 1. The summed E-state index contributed by atoms with van der Waals surface area (Å²) >= 11 is 0. The van der Waals surface area contributed by atoms with Gasteiger partial charge in [-0.1, -0.05) is 0 Å². The predicted molar refractivity (Wildman–Crippen MR) is 67.5 cm³/mol. The molecule has 0 aromatic heterocycles. The number of benzene rings is 1. The molecule has 2 N–H and O–H groups in total. The number of rotatable bonds is 3. The summed E-state index contributed by atoms with van der Waals surface area (Å²) in [5.41, 5.74) is 0.286. The topological polar surface area (TPSA) is 104 Å². The number of carboxylic acid groups (broad SMARTS) is 1. The van der Waals surface area contributed by atoms with E-state index in [4.69, 9.17) is 5.11 Å². The minimum Gasteiger partial charge on any atom is -0.506 e. The van der Waals surface area contributed by atoms with Crippen LogP contribution < -0.4 is 4.90 Å². The van der Waals surface area contributed by atoms with Crippen LogP contribution >= 0.6 is 0 Å². The molecule has 7 heteroatoms. The third kappa shape index (κ3) is 2.42. The number of ether oxygens (including phenoxy) is 1. The van der Waals surface area contributed by atoms with Crippen molar-refractivity contribution in [2.75, 3.05) is 18.6 Å². The molecule has 106 valence electrons. The van der Waals surface area contributed by atoms with E-state index in [2.05, 4.69) is 4.74 Å². The Hall–Kier alpha value is -2.57. The second-order valence-corrected chi connectivity index (χ2v) is 4.44. The molecule has 0 radical (unpaired) electrons. The highest BCUT2D eigenvalue weighted by Crippen LogP contribution is 2.33. The number of carbonyl (C=O) groups excluding carboxylic acids is 2. The summed E-state index contributed by atoms with van der Waals surface area (Å²) in [5.74, 6) is -3.09. The zero-order valence-electron chi connectivity index (χ0n) is 10.7. The lowest BCUT2D eigenvalue weighted by Gasteiger charge is -2.18. The summed E-state index contributed by atoms with van der Waals surface area (Å²) < 4.78 is 4.56. The smallest absolute Gasteiger partial charge is 0.337 e. The van der Waals surface area contributed by atoms with E-state index >= 15 is 0 Å². The van der Waals surface area contributed by atoms with Gasteiger partial charge in [0.05, 0.1) is 24.3 Å². The second kappa shape index (κ2) is 5.20. The molecule has 7 nitrogen and oxygen atoms in total. The van der Waals surface area contributed by atoms with Crippen molar-refractivity contribution >= 4 is 23.5 Å². The number of phenolic OH excluding ortho intramolecular Hbond substituents is 1. The number of aromatic hydroxyl groups is 1. The van der Waals surface area contributed by atoms with E-state index in [0.29, 0.717) is 0 Å². The summed E-state index contributed by atoms with van der Waals surface area (Å²) in [6.07, 6.45) is -0.128. The Kier molecular flexibility index (Phi) is 3.60. The maximum atomic E-state index is 11.8. The van der Waals surface area contributed by atoms with Crippen LogP contribution in [0.2, 0.25) is 0 Å². The molecule has 2 rings (SSSR count). The van der Waals surface area contributed by atoms with Gasteiger partial charge in [-0.3, -0.25) is 9.59 Å². The lowest BCUT2D eigenvalue weighted by molar-refractivity contribution is -0.141. The first-order chi connectivity index (χ1) is 9.43. The Labute approximate surface area is 114 Å². The predicted octanol–water partition coefficient (Wildman–Crippen LogP) is 0.616. The summed E-state index contributed by atoms with van der Waals surface area (Å²) in [6.45, 7) is -0.0354. The van der Waals surface area contributed by atoms with E-state index in [1.54, 1.807) is 0 Å². The molecule has 0 saturated carbocycles. The number of esters is 1. The fourth-order valence-corrected chi connectivity index (χ4v) is 2.09. The first-order valence-electron chi connectivity index (χ1n) is 5.88. The fourth-order valence-electron chi connectivity index (χ4n) is 2.09. The van der Waals surface area contributed by atoms with Crippen molar-refractivity contribution in [1.82, 2.24) is 0 Å². The Morgan fingerprint density at radius 2 is 2.10 bits per heavy atom. The standard InChI is InChI=1S/C13H13NO6/c1-20-13(19)7-2-3-10(15)9(4-7)14-6-8(12(17)18)5-11(14)16/h2-4,8,15H,5-6H2,1H3,(H,17,18). The van der Waals surface area contributed by atoms with Crippen molar-refractivity contribution in [3.05, 3.63) is 23.8 Å². The first kappa shape index (κ1) is 13.9. The Morgan fingerprint density at radius 3 is 2.65 bits per heavy atom. The van der Waals surface area contributed by atoms with Crippen molar-refractivity contribution in [3.63, 3.8) is 0 Å². The van der Waals surface area contributed by atoms with Gasteiger partial charge in [-0.15, -0.1) is 0 Å². The summed E-state index contributed by atoms with van der Waals surface area (Å²) in [7, 11) is 1.22. The molecule has 1 atom stereocenters. The van der Waals surface area contributed by atoms with E-state index in [1.165, 1.54) is 30.2 Å². The average Bonchev–Trinajstić information content (AvgIpc) is 2.80. The summed E-state index contributed by atoms with van der Waals surface area (Å²) in [6, 6.07) is 3.94. The first-order valence-corrected chi connectivity index (χ1v) is 5.88. The van der Waals surface area contributed by atoms with Gasteiger partial charge in [0.15, 0.2) is 0 Å². The number of hydrogen-bond acceptors (Lipinski definition) is 5. The number of methoxy groups -OCH3 is 1. The molecule has 0 aliphatic carbocycles. The molecule has 1 amide bonds. The van der Waals surface area contributed by atoms with Crippen LogP contribution in [-0.4, -0.2) is 41.7 Å². The highest BCUT2D eigenvalue weighted by atomic mass is 16.5. The van der Waals surface area contributed by atoms with Crippen LogP contribution in [0.15, 0.2) is 18.2 Å². The molecule has 1 aliphatic rings. The van der Waals surface area contributed by atoms with Crippen LogP contribution in [0.1, 0.15) is 16.8 Å². The zero-order chi connectivity index (χ0) is 14.9. The van der Waals surface area contributed by atoms with E-state index in [1.807, 2.05) is 0 Å². The Balaban J connectivity index is 2.35. The SMILES string of the molecule is COC(=O)c1ccc(O)c(N2CC(C(=O)O)CC2=O)c1. The second-order valence-electron chi connectivity index (χ2n) is 4.44. The maximum absolute atomic E-state index is 11.8. The minimum atomic E-state index is -1.07. The van der Waals surface area contributed by atoms with Gasteiger partial charge in [0.2, 0.25) is 5.91 Å². The van der Waals surface area contributed by atoms with Crippen LogP contribution in [0.3, 0.4) is 0 Å². The molecule has 1 aromatic carbocycles. The maximum Gasteiger partial charge on any atom is 0.337 e. The molecular weight excluding hydrogens is 266 g/mol. The number of nitrogens with zero attached hydrogens (tertiary/aromatic N) is 1. The quantitative estimate of drug-likeness (QED) is 0.786. The van der Waals surface area contributed by atoms with Gasteiger partial charge in [0, 0.05) is 13.0 Å². The lowest BCUT2D eigenvalue weighted by atomic mass is 10.1. The average molecular weight is 279 g/mol. The van der Waals surface area contributed by atoms with Crippen molar-refractivity contribution in [2.45, 2.75) is 6.42 Å². The highest BCUT2D eigenvalue weighted by Gasteiger charge is 2.36. The van der Waals surface area contributed by atoms with E-state index in [-0.39, 0.29) is 30.0 Å². The van der Waals surface area contributed by atoms with E-state index in [0.717, 1.165) is 0 Å². The highest BCUT2D eigenvalue weighted by molar-refractivity contribution is 6.01. The number of hydrogen-bond donors (Lipinski definition) is 2. The van der Waals surface area contributed by atoms with Gasteiger partial charge in [-0.05, 0) is 18.2 Å². The molecule has 1 fully saturated rings. The molecule has 0 spiro atoms. The molecule has 20 heavy (non-hydrogen) atoms. The van der Waals surface area contributed by atoms with Crippen molar-refractivity contribution < 1.29 is 29.3 Å². The third-order valence-corrected chi connectivity index (χ3v) is 3.16. The molecule has 1 heterocycles. The van der Waals surface area contributed by atoms with Crippen molar-refractivity contribution in [2.24, 2.45) is 5.92 Å². The van der Waals surface area contributed by atoms with Crippen LogP contribution in [0.25, 0.3) is 0 Å². The van der Waals surface area contributed by atoms with Gasteiger partial charge in [-0.25, -0.2) is 4.79 Å². The summed E-state index contributed by atoms with van der Waals surface area (Å²) in [4.78, 5) is 35.4. The van der Waals surface area contributed by atoms with Gasteiger partial charge < -0.3 is 19.8 Å². The normalized spacial score (nSPS) is 18.1. The van der Waals surface area contributed by atoms with Crippen LogP contribution in [-0.2, 0) is 14.3 Å². The largest absolute Gasteiger partial charge is 0.506 e. The van der Waals surface area contributed by atoms with Crippen molar-refractivity contribution in [1.29, 1.82) is 0 Å². The molecule has 1 saturated heterocycles. The van der Waals surface area contributed by atoms with Gasteiger partial charge in [-0.2, -0.15) is 0 Å². The number of carbonyl (C=O) groups is 3. The number of phenols is 1. The molecule has 1 unspecified atom stereocenters. The Morgan fingerprint density at radius 1 is 1.40 bits per heavy atom. The molecule has 0 bridgehead atoms. The third-order valence-electron chi connectivity index (χ3n) is 3.16. The Bertz CT molecular complexity index is 582. The number of anilines is 1. The van der Waals surface area contributed by atoms with Crippen LogP contribution in [0.4, 0.5) is 5.69 Å². The lowest BCUT2D eigenvalue weighted by Crippen LogP contribution is -2.26. The monoisotopic (exact) mass is 279 g/mol. The minimum absolute atomic E-state index is 0.0354. The number of carboxylic acids is 1. The van der Waals surface area contributed by atoms with Crippen molar-refractivity contribution in [3.8, 4) is 5.75 Å². The molecule has 1 aromatic rings. The van der Waals surface area contributed by atoms with Crippen LogP contribution in [0, 0.1) is 5.92 Å². The zero-order valence-corrected chi connectivity index (χ0v) is 10.7. The molecule has 1 aliphatic heterocycles. The number of amides is 1. The fraction of sp³-hybridized carbons (Fsp3) is 0.308. The molecular formula is C13H13NO6. The van der Waals surface area contributed by atoms with Crippen LogP contribution in [0.5, 0.6) is 5.75 Å². The van der Waals surface area contributed by atoms with Gasteiger partial charge in [0.25, 0.3) is 0 Å². The summed E-state index contributed by atoms with van der Waals surface area (Å²) in [5, 5.41) is 18.7. The van der Waals surface area contributed by atoms with E-state index < -0.39 is 23.8 Å².